The average molecular weight is 391 g/mol. The predicted molar refractivity (Wildman–Crippen MR) is 103 cm³/mol. The summed E-state index contributed by atoms with van der Waals surface area (Å²) in [4.78, 5) is 23.2. The van der Waals surface area contributed by atoms with Crippen molar-refractivity contribution in [3.8, 4) is 0 Å². The molecule has 0 aliphatic carbocycles. The Morgan fingerprint density at radius 3 is 1.80 bits per heavy atom. The molecule has 0 rings (SSSR count). The summed E-state index contributed by atoms with van der Waals surface area (Å²) < 4.78 is 22.3. The van der Waals surface area contributed by atoms with E-state index in [0.717, 1.165) is 18.6 Å². The summed E-state index contributed by atoms with van der Waals surface area (Å²) in [5, 5.41) is 0. The minimum absolute atomic E-state index is 0.0862. The molecule has 0 aliphatic rings. The Morgan fingerprint density at radius 1 is 0.920 bits per heavy atom. The van der Waals surface area contributed by atoms with Crippen LogP contribution in [0.15, 0.2) is 12.2 Å². The highest BCUT2D eigenvalue weighted by molar-refractivity contribution is 6.84. The molecular formula is C17H34O6Si2. The van der Waals surface area contributed by atoms with E-state index in [-0.39, 0.29) is 11.8 Å². The first-order chi connectivity index (χ1) is 11.3. The van der Waals surface area contributed by atoms with Crippen molar-refractivity contribution in [2.75, 3.05) is 0 Å². The van der Waals surface area contributed by atoms with E-state index < -0.39 is 34.9 Å². The van der Waals surface area contributed by atoms with Gasteiger partial charge in [-0.25, -0.2) is 9.59 Å². The molecule has 6 nitrogen and oxygen atoms in total. The van der Waals surface area contributed by atoms with Gasteiger partial charge in [0.05, 0.1) is 11.8 Å². The average Bonchev–Trinajstić information content (AvgIpc) is 2.38. The molecule has 2 unspecified atom stereocenters. The SMILES string of the molecule is CCC(OC(C)OC(=O)/C=C/C(=O)OC(C)C)[Si](C)(C)O[Si](C)(C)C. The van der Waals surface area contributed by atoms with Gasteiger partial charge in [-0.3, -0.25) is 0 Å². The maximum Gasteiger partial charge on any atom is 0.333 e. The van der Waals surface area contributed by atoms with E-state index in [1.165, 1.54) is 0 Å². The summed E-state index contributed by atoms with van der Waals surface area (Å²) in [7, 11) is -3.76. The van der Waals surface area contributed by atoms with Crippen LogP contribution in [0.2, 0.25) is 32.7 Å². The van der Waals surface area contributed by atoms with Gasteiger partial charge in [-0.2, -0.15) is 0 Å². The number of ether oxygens (including phenoxy) is 3. The van der Waals surface area contributed by atoms with Gasteiger partial charge in [-0.05, 0) is 59.9 Å². The van der Waals surface area contributed by atoms with E-state index in [9.17, 15) is 9.59 Å². The number of carbonyl (C=O) groups is 2. The van der Waals surface area contributed by atoms with E-state index in [0.29, 0.717) is 0 Å². The van der Waals surface area contributed by atoms with E-state index in [4.69, 9.17) is 18.3 Å². The van der Waals surface area contributed by atoms with Gasteiger partial charge in [0.2, 0.25) is 14.6 Å². The lowest BCUT2D eigenvalue weighted by Crippen LogP contribution is -2.53. The highest BCUT2D eigenvalue weighted by atomic mass is 28.4. The molecule has 0 fully saturated rings. The lowest BCUT2D eigenvalue weighted by molar-refractivity contribution is -0.174. The van der Waals surface area contributed by atoms with Gasteiger partial charge in [-0.15, -0.1) is 0 Å². The fourth-order valence-corrected chi connectivity index (χ4v) is 10.8. The Hall–Kier alpha value is -0.966. The van der Waals surface area contributed by atoms with E-state index in [1.54, 1.807) is 20.8 Å². The van der Waals surface area contributed by atoms with Gasteiger partial charge in [-0.1, -0.05) is 6.92 Å². The van der Waals surface area contributed by atoms with Crippen molar-refractivity contribution in [3.05, 3.63) is 12.2 Å². The van der Waals surface area contributed by atoms with Crippen LogP contribution in [0.4, 0.5) is 0 Å². The molecule has 0 aliphatic heterocycles. The first-order valence-corrected chi connectivity index (χ1v) is 15.1. The van der Waals surface area contributed by atoms with E-state index in [1.807, 2.05) is 6.92 Å². The molecular weight excluding hydrogens is 356 g/mol. The second-order valence-corrected chi connectivity index (χ2v) is 16.6. The van der Waals surface area contributed by atoms with Crippen molar-refractivity contribution in [2.45, 2.75) is 85.0 Å². The van der Waals surface area contributed by atoms with Crippen molar-refractivity contribution in [1.82, 2.24) is 0 Å². The van der Waals surface area contributed by atoms with Gasteiger partial charge in [0.25, 0.3) is 0 Å². The van der Waals surface area contributed by atoms with Gasteiger partial charge in [0.15, 0.2) is 8.32 Å². The Kier molecular flexibility index (Phi) is 9.85. The first kappa shape index (κ1) is 24.0. The molecule has 146 valence electrons. The molecule has 0 saturated carbocycles. The maximum absolute atomic E-state index is 11.8. The van der Waals surface area contributed by atoms with Crippen LogP contribution in [0, 0.1) is 0 Å². The zero-order valence-electron chi connectivity index (χ0n) is 17.0. The molecule has 8 heteroatoms. The van der Waals surface area contributed by atoms with Crippen LogP contribution in [0.25, 0.3) is 0 Å². The zero-order chi connectivity index (χ0) is 19.8. The smallest absolute Gasteiger partial charge is 0.333 e. The molecule has 0 aromatic rings. The fraction of sp³-hybridized carbons (Fsp3) is 0.765. The number of carbonyl (C=O) groups excluding carboxylic acids is 2. The highest BCUT2D eigenvalue weighted by Crippen LogP contribution is 2.23. The van der Waals surface area contributed by atoms with Crippen molar-refractivity contribution >= 4 is 28.6 Å². The van der Waals surface area contributed by atoms with Crippen LogP contribution in [0.1, 0.15) is 34.1 Å². The second kappa shape index (κ2) is 10.2. The van der Waals surface area contributed by atoms with Crippen molar-refractivity contribution in [1.29, 1.82) is 0 Å². The third kappa shape index (κ3) is 11.3. The third-order valence-corrected chi connectivity index (χ3v) is 9.71. The van der Waals surface area contributed by atoms with Crippen LogP contribution >= 0.6 is 0 Å². The topological polar surface area (TPSA) is 71.1 Å². The van der Waals surface area contributed by atoms with Gasteiger partial charge >= 0.3 is 11.9 Å². The number of hydrogen-bond donors (Lipinski definition) is 0. The van der Waals surface area contributed by atoms with Crippen molar-refractivity contribution < 1.29 is 27.9 Å². The Labute approximate surface area is 154 Å². The summed E-state index contributed by atoms with van der Waals surface area (Å²) in [6, 6.07) is 0. The number of hydrogen-bond acceptors (Lipinski definition) is 6. The molecule has 0 N–H and O–H groups in total. The summed E-state index contributed by atoms with van der Waals surface area (Å²) in [5.74, 6) is -1.22. The third-order valence-electron chi connectivity index (χ3n) is 3.06. The van der Waals surface area contributed by atoms with E-state index in [2.05, 4.69) is 32.7 Å². The van der Waals surface area contributed by atoms with Gasteiger partial charge in [0.1, 0.15) is 0 Å². The van der Waals surface area contributed by atoms with Crippen LogP contribution in [0.3, 0.4) is 0 Å². The molecule has 0 amide bonds. The standard InChI is InChI=1S/C17H34O6Si2/c1-10-17(25(8,9)23-24(5,6)7)22-14(4)21-16(19)12-11-15(18)20-13(2)3/h11-14,17H,10H2,1-9H3/b12-11+. The molecule has 0 radical (unpaired) electrons. The Morgan fingerprint density at radius 2 is 1.40 bits per heavy atom. The van der Waals surface area contributed by atoms with Crippen LogP contribution in [0.5, 0.6) is 0 Å². The molecule has 0 heterocycles. The molecule has 2 atom stereocenters. The summed E-state index contributed by atoms with van der Waals surface area (Å²) >= 11 is 0. The Balaban J connectivity index is 4.64. The maximum atomic E-state index is 11.8. The lowest BCUT2D eigenvalue weighted by atomic mass is 10.4. The quantitative estimate of drug-likeness (QED) is 0.245. The lowest BCUT2D eigenvalue weighted by Gasteiger charge is -2.38. The largest absolute Gasteiger partial charge is 0.460 e. The van der Waals surface area contributed by atoms with Crippen LogP contribution in [-0.2, 0) is 27.9 Å². The van der Waals surface area contributed by atoms with Crippen molar-refractivity contribution in [3.63, 3.8) is 0 Å². The molecule has 0 aromatic heterocycles. The normalized spacial score (nSPS) is 15.3. The predicted octanol–water partition coefficient (Wildman–Crippen LogP) is 3.77. The second-order valence-electron chi connectivity index (χ2n) is 7.67. The monoisotopic (exact) mass is 390 g/mol. The minimum atomic E-state index is -2.08. The zero-order valence-corrected chi connectivity index (χ0v) is 19.0. The molecule has 25 heavy (non-hydrogen) atoms. The first-order valence-electron chi connectivity index (χ1n) is 8.71. The highest BCUT2D eigenvalue weighted by Gasteiger charge is 2.38. The van der Waals surface area contributed by atoms with Gasteiger partial charge < -0.3 is 18.3 Å². The van der Waals surface area contributed by atoms with Gasteiger partial charge in [0, 0.05) is 12.2 Å². The minimum Gasteiger partial charge on any atom is -0.460 e. The number of rotatable bonds is 10. The fourth-order valence-electron chi connectivity index (χ4n) is 2.48. The molecule has 0 bridgehead atoms. The molecule has 0 spiro atoms. The summed E-state index contributed by atoms with van der Waals surface area (Å²) in [5.41, 5.74) is -0.0862. The number of esters is 2. The summed E-state index contributed by atoms with van der Waals surface area (Å²) in [6.45, 7) is 17.9. The van der Waals surface area contributed by atoms with Crippen molar-refractivity contribution in [2.24, 2.45) is 0 Å². The molecule has 0 aromatic carbocycles. The summed E-state index contributed by atoms with van der Waals surface area (Å²) in [6.07, 6.45) is 1.92. The van der Waals surface area contributed by atoms with Crippen LogP contribution in [-0.4, -0.2) is 46.7 Å². The van der Waals surface area contributed by atoms with Crippen LogP contribution < -0.4 is 0 Å². The molecule has 0 saturated heterocycles. The van der Waals surface area contributed by atoms with E-state index >= 15 is 0 Å². The Bertz CT molecular complexity index is 468.